The molecule has 0 aromatic heterocycles. The van der Waals surface area contributed by atoms with Crippen LogP contribution in [0.25, 0.3) is 0 Å². The highest BCUT2D eigenvalue weighted by molar-refractivity contribution is 6.18. The molecule has 0 fully saturated rings. The first kappa shape index (κ1) is 13.5. The summed E-state index contributed by atoms with van der Waals surface area (Å²) in [6.45, 7) is -0.00231. The van der Waals surface area contributed by atoms with Crippen molar-refractivity contribution >= 4 is 17.3 Å². The number of ether oxygens (including phenoxy) is 2. The third kappa shape index (κ3) is 3.76. The number of halogens is 1. The molecule has 17 heavy (non-hydrogen) atoms. The molecule has 0 heterocycles. The normalized spacial score (nSPS) is 11.9. The SMILES string of the molecule is COc1cc([N+](=O)[O-])ccc1OCC(O)CCl. The molecule has 0 bridgehead atoms. The minimum atomic E-state index is -0.795. The molecule has 94 valence electrons. The summed E-state index contributed by atoms with van der Waals surface area (Å²) in [6, 6.07) is 3.96. The van der Waals surface area contributed by atoms with Gasteiger partial charge in [0.15, 0.2) is 11.5 Å². The summed E-state index contributed by atoms with van der Waals surface area (Å²) in [7, 11) is 1.38. The van der Waals surface area contributed by atoms with Gasteiger partial charge in [-0.2, -0.15) is 0 Å². The Bertz CT molecular complexity index is 398. The van der Waals surface area contributed by atoms with Crippen LogP contribution in [0.15, 0.2) is 18.2 Å². The topological polar surface area (TPSA) is 81.8 Å². The first-order valence-corrected chi connectivity index (χ1v) is 5.31. The van der Waals surface area contributed by atoms with E-state index in [-0.39, 0.29) is 23.9 Å². The number of nitro benzene ring substituents is 1. The van der Waals surface area contributed by atoms with E-state index in [0.29, 0.717) is 5.75 Å². The predicted octanol–water partition coefficient (Wildman–Crippen LogP) is 1.58. The van der Waals surface area contributed by atoms with E-state index in [0.717, 1.165) is 0 Å². The lowest BCUT2D eigenvalue weighted by Crippen LogP contribution is -2.19. The average molecular weight is 262 g/mol. The quantitative estimate of drug-likeness (QED) is 0.478. The molecule has 0 spiro atoms. The number of rotatable bonds is 6. The van der Waals surface area contributed by atoms with Crippen LogP contribution in [0, 0.1) is 10.1 Å². The largest absolute Gasteiger partial charge is 0.493 e. The van der Waals surface area contributed by atoms with Gasteiger partial charge in [-0.15, -0.1) is 11.6 Å². The summed E-state index contributed by atoms with van der Waals surface area (Å²) in [5, 5.41) is 19.8. The molecule has 1 aromatic carbocycles. The van der Waals surface area contributed by atoms with Gasteiger partial charge >= 0.3 is 0 Å². The van der Waals surface area contributed by atoms with E-state index in [1.165, 1.54) is 25.3 Å². The fourth-order valence-electron chi connectivity index (χ4n) is 1.12. The molecule has 1 atom stereocenters. The monoisotopic (exact) mass is 261 g/mol. The van der Waals surface area contributed by atoms with E-state index in [1.54, 1.807) is 0 Å². The summed E-state index contributed by atoms with van der Waals surface area (Å²) in [5.74, 6) is 0.609. The Morgan fingerprint density at radius 2 is 2.24 bits per heavy atom. The Labute approximate surface area is 103 Å². The molecule has 0 aliphatic carbocycles. The third-order valence-electron chi connectivity index (χ3n) is 1.97. The fourth-order valence-corrected chi connectivity index (χ4v) is 1.21. The van der Waals surface area contributed by atoms with Gasteiger partial charge in [-0.3, -0.25) is 10.1 Å². The molecule has 0 saturated heterocycles. The van der Waals surface area contributed by atoms with Crippen molar-refractivity contribution in [3.8, 4) is 11.5 Å². The van der Waals surface area contributed by atoms with Gasteiger partial charge in [0, 0.05) is 6.07 Å². The van der Waals surface area contributed by atoms with Crippen LogP contribution in [0.1, 0.15) is 0 Å². The van der Waals surface area contributed by atoms with Crippen molar-refractivity contribution in [2.75, 3.05) is 19.6 Å². The highest BCUT2D eigenvalue weighted by atomic mass is 35.5. The number of aliphatic hydroxyl groups is 1. The van der Waals surface area contributed by atoms with Crippen LogP contribution in [0.5, 0.6) is 11.5 Å². The summed E-state index contributed by atoms with van der Waals surface area (Å²) < 4.78 is 10.2. The Hall–Kier alpha value is -1.53. The van der Waals surface area contributed by atoms with Gasteiger partial charge in [0.25, 0.3) is 5.69 Å². The van der Waals surface area contributed by atoms with E-state index in [9.17, 15) is 15.2 Å². The van der Waals surface area contributed by atoms with Crippen LogP contribution in [-0.2, 0) is 0 Å². The van der Waals surface area contributed by atoms with Crippen molar-refractivity contribution in [2.45, 2.75) is 6.10 Å². The fraction of sp³-hybridized carbons (Fsp3) is 0.400. The molecule has 1 unspecified atom stereocenters. The Morgan fingerprint density at radius 3 is 2.76 bits per heavy atom. The van der Waals surface area contributed by atoms with E-state index in [4.69, 9.17) is 21.1 Å². The number of hydrogen-bond acceptors (Lipinski definition) is 5. The second-order valence-corrected chi connectivity index (χ2v) is 3.52. The highest BCUT2D eigenvalue weighted by Gasteiger charge is 2.13. The number of non-ortho nitro benzene ring substituents is 1. The maximum atomic E-state index is 10.5. The number of benzene rings is 1. The van der Waals surface area contributed by atoms with Crippen molar-refractivity contribution < 1.29 is 19.5 Å². The molecule has 7 heteroatoms. The summed E-state index contributed by atoms with van der Waals surface area (Å²) in [4.78, 5) is 10.0. The maximum absolute atomic E-state index is 10.5. The van der Waals surface area contributed by atoms with E-state index in [2.05, 4.69) is 0 Å². The number of methoxy groups -OCH3 is 1. The molecular weight excluding hydrogens is 250 g/mol. The predicted molar refractivity (Wildman–Crippen MR) is 61.9 cm³/mol. The van der Waals surface area contributed by atoms with Gasteiger partial charge < -0.3 is 14.6 Å². The van der Waals surface area contributed by atoms with Crippen LogP contribution in [0.4, 0.5) is 5.69 Å². The van der Waals surface area contributed by atoms with E-state index in [1.807, 2.05) is 0 Å². The highest BCUT2D eigenvalue weighted by Crippen LogP contribution is 2.31. The summed E-state index contributed by atoms with van der Waals surface area (Å²) in [5.41, 5.74) is -0.0907. The number of nitrogens with zero attached hydrogens (tertiary/aromatic N) is 1. The van der Waals surface area contributed by atoms with Gasteiger partial charge in [-0.25, -0.2) is 0 Å². The average Bonchev–Trinajstić information content (AvgIpc) is 2.35. The second-order valence-electron chi connectivity index (χ2n) is 3.21. The van der Waals surface area contributed by atoms with Crippen LogP contribution < -0.4 is 9.47 Å². The van der Waals surface area contributed by atoms with Crippen LogP contribution >= 0.6 is 11.6 Å². The van der Waals surface area contributed by atoms with Crippen molar-refractivity contribution in [1.82, 2.24) is 0 Å². The lowest BCUT2D eigenvalue weighted by atomic mass is 10.3. The molecule has 0 saturated carbocycles. The van der Waals surface area contributed by atoms with Gasteiger partial charge in [-0.1, -0.05) is 0 Å². The Morgan fingerprint density at radius 1 is 1.53 bits per heavy atom. The number of hydrogen-bond donors (Lipinski definition) is 1. The van der Waals surface area contributed by atoms with Crippen LogP contribution in [0.3, 0.4) is 0 Å². The zero-order valence-corrected chi connectivity index (χ0v) is 9.88. The van der Waals surface area contributed by atoms with E-state index < -0.39 is 11.0 Å². The molecule has 1 aromatic rings. The maximum Gasteiger partial charge on any atom is 0.273 e. The van der Waals surface area contributed by atoms with Gasteiger partial charge in [0.1, 0.15) is 12.7 Å². The first-order valence-electron chi connectivity index (χ1n) is 4.77. The van der Waals surface area contributed by atoms with Gasteiger partial charge in [0.05, 0.1) is 24.0 Å². The summed E-state index contributed by atoms with van der Waals surface area (Å²) in [6.07, 6.45) is -0.795. The van der Waals surface area contributed by atoms with Crippen molar-refractivity contribution in [2.24, 2.45) is 0 Å². The Balaban J connectivity index is 2.82. The van der Waals surface area contributed by atoms with Crippen molar-refractivity contribution in [1.29, 1.82) is 0 Å². The number of nitro groups is 1. The summed E-state index contributed by atoms with van der Waals surface area (Å²) >= 11 is 5.41. The zero-order chi connectivity index (χ0) is 12.8. The minimum Gasteiger partial charge on any atom is -0.493 e. The second kappa shape index (κ2) is 6.27. The van der Waals surface area contributed by atoms with Crippen molar-refractivity contribution in [3.05, 3.63) is 28.3 Å². The van der Waals surface area contributed by atoms with E-state index >= 15 is 0 Å². The van der Waals surface area contributed by atoms with Crippen LogP contribution in [-0.4, -0.2) is 35.7 Å². The number of aliphatic hydroxyl groups excluding tert-OH is 1. The smallest absolute Gasteiger partial charge is 0.273 e. The molecule has 0 aliphatic heterocycles. The van der Waals surface area contributed by atoms with Gasteiger partial charge in [0.2, 0.25) is 0 Å². The standard InChI is InChI=1S/C10H12ClNO5/c1-16-10-4-7(12(14)15)2-3-9(10)17-6-8(13)5-11/h2-4,8,13H,5-6H2,1H3. The van der Waals surface area contributed by atoms with Crippen molar-refractivity contribution in [3.63, 3.8) is 0 Å². The Kier molecular flexibility index (Phi) is 4.99. The molecule has 1 rings (SSSR count). The molecule has 0 aliphatic rings. The first-order chi connectivity index (χ1) is 8.08. The van der Waals surface area contributed by atoms with Gasteiger partial charge in [-0.05, 0) is 6.07 Å². The lowest BCUT2D eigenvalue weighted by molar-refractivity contribution is -0.384. The van der Waals surface area contributed by atoms with Crippen LogP contribution in [0.2, 0.25) is 0 Å². The lowest BCUT2D eigenvalue weighted by Gasteiger charge is -2.12. The minimum absolute atomic E-state index is 0.00231. The molecule has 0 amide bonds. The molecule has 0 radical (unpaired) electrons. The molecule has 1 N–H and O–H groups in total. The molecular formula is C10H12ClNO5. The third-order valence-corrected chi connectivity index (χ3v) is 2.32. The zero-order valence-electron chi connectivity index (χ0n) is 9.13. The number of alkyl halides is 1. The molecule has 6 nitrogen and oxygen atoms in total.